The molecule has 0 heterocycles. The van der Waals surface area contributed by atoms with Crippen LogP contribution in [0, 0.1) is 0 Å². The molecular formula is C25H41N3O6. The maximum atomic E-state index is 13.6. The van der Waals surface area contributed by atoms with Crippen molar-refractivity contribution in [2.45, 2.75) is 91.0 Å². The molecule has 1 aromatic carbocycles. The van der Waals surface area contributed by atoms with Crippen LogP contribution >= 0.6 is 0 Å². The Balaban J connectivity index is 3.42. The molecule has 0 saturated heterocycles. The van der Waals surface area contributed by atoms with Crippen LogP contribution in [-0.4, -0.2) is 63.4 Å². The molecule has 9 nitrogen and oxygen atoms in total. The van der Waals surface area contributed by atoms with Crippen LogP contribution in [0.3, 0.4) is 0 Å². The van der Waals surface area contributed by atoms with Crippen molar-refractivity contribution in [3.05, 3.63) is 29.8 Å². The molecule has 2 unspecified atom stereocenters. The van der Waals surface area contributed by atoms with Crippen LogP contribution < -0.4 is 10.6 Å². The number of para-hydroxylation sites is 1. The molecule has 0 fully saturated rings. The number of phenolic OH excluding ortho intramolecular Hbond substituents is 1. The topological polar surface area (TPSA) is 128 Å². The number of amides is 3. The van der Waals surface area contributed by atoms with Crippen LogP contribution in [0.25, 0.3) is 0 Å². The molecule has 0 radical (unpaired) electrons. The first kappa shape index (κ1) is 29.2. The van der Waals surface area contributed by atoms with Gasteiger partial charge in [0, 0.05) is 17.6 Å². The van der Waals surface area contributed by atoms with Gasteiger partial charge in [-0.3, -0.25) is 9.59 Å². The zero-order chi connectivity index (χ0) is 26.1. The summed E-state index contributed by atoms with van der Waals surface area (Å²) >= 11 is 0. The Hall–Kier alpha value is -2.81. The van der Waals surface area contributed by atoms with Crippen molar-refractivity contribution in [3.63, 3.8) is 0 Å². The Kier molecular flexibility index (Phi) is 10.8. The van der Waals surface area contributed by atoms with Crippen molar-refractivity contribution in [2.75, 3.05) is 13.2 Å². The molecule has 0 spiro atoms. The fourth-order valence-corrected chi connectivity index (χ4v) is 3.34. The molecule has 3 amide bonds. The molecule has 0 aliphatic carbocycles. The Morgan fingerprint density at radius 1 is 1.06 bits per heavy atom. The van der Waals surface area contributed by atoms with E-state index < -0.39 is 47.7 Å². The molecule has 0 aromatic heterocycles. The van der Waals surface area contributed by atoms with Gasteiger partial charge in [0.2, 0.25) is 11.8 Å². The van der Waals surface area contributed by atoms with Gasteiger partial charge in [-0.15, -0.1) is 0 Å². The molecule has 0 bridgehead atoms. The van der Waals surface area contributed by atoms with Gasteiger partial charge in [-0.25, -0.2) is 4.79 Å². The second-order valence-corrected chi connectivity index (χ2v) is 10.3. The second-order valence-electron chi connectivity index (χ2n) is 10.3. The molecule has 0 saturated carbocycles. The number of unbranched alkanes of at least 4 members (excludes halogenated alkanes) is 2. The quantitative estimate of drug-likeness (QED) is 0.381. The lowest BCUT2D eigenvalue weighted by Crippen LogP contribution is -2.55. The first-order chi connectivity index (χ1) is 15.7. The van der Waals surface area contributed by atoms with E-state index in [-0.39, 0.29) is 17.9 Å². The van der Waals surface area contributed by atoms with Gasteiger partial charge in [-0.1, -0.05) is 38.0 Å². The number of nitrogens with one attached hydrogen (secondary N) is 2. The van der Waals surface area contributed by atoms with Crippen molar-refractivity contribution in [2.24, 2.45) is 0 Å². The van der Waals surface area contributed by atoms with E-state index in [0.717, 1.165) is 12.8 Å². The smallest absolute Gasteiger partial charge is 0.408 e. The number of rotatable bonds is 10. The zero-order valence-corrected chi connectivity index (χ0v) is 21.5. The lowest BCUT2D eigenvalue weighted by molar-refractivity contribution is -0.144. The summed E-state index contributed by atoms with van der Waals surface area (Å²) in [6.07, 6.45) is 1.43. The van der Waals surface area contributed by atoms with Crippen molar-refractivity contribution in [1.29, 1.82) is 0 Å². The summed E-state index contributed by atoms with van der Waals surface area (Å²) in [7, 11) is 0. The van der Waals surface area contributed by atoms with Gasteiger partial charge >= 0.3 is 6.09 Å². The molecule has 1 rings (SSSR count). The number of aliphatic hydroxyl groups excluding tert-OH is 1. The number of benzene rings is 1. The van der Waals surface area contributed by atoms with E-state index in [9.17, 15) is 24.6 Å². The van der Waals surface area contributed by atoms with Gasteiger partial charge in [-0.2, -0.15) is 0 Å². The number of hydrogen-bond acceptors (Lipinski definition) is 6. The Labute approximate surface area is 202 Å². The first-order valence-electron chi connectivity index (χ1n) is 11.7. The Morgan fingerprint density at radius 3 is 2.18 bits per heavy atom. The largest absolute Gasteiger partial charge is 0.508 e. The third-order valence-corrected chi connectivity index (χ3v) is 4.75. The molecule has 0 aliphatic rings. The number of carbonyl (C=O) groups excluding carboxylic acids is 3. The van der Waals surface area contributed by atoms with Crippen molar-refractivity contribution in [3.8, 4) is 5.75 Å². The maximum Gasteiger partial charge on any atom is 0.408 e. The van der Waals surface area contributed by atoms with E-state index in [4.69, 9.17) is 4.74 Å². The SMILES string of the molecule is CCCCCN(C(=O)C(CO)NC(=O)OC(C)(C)C)C(C(=O)NC(C)(C)C)c1ccccc1O. The summed E-state index contributed by atoms with van der Waals surface area (Å²) in [5, 5.41) is 25.8. The minimum Gasteiger partial charge on any atom is -0.508 e. The van der Waals surface area contributed by atoms with E-state index in [0.29, 0.717) is 6.42 Å². The van der Waals surface area contributed by atoms with E-state index in [1.54, 1.807) is 39.0 Å². The number of alkyl carbamates (subject to hydrolysis) is 1. The normalized spacial score (nSPS) is 13.5. The maximum absolute atomic E-state index is 13.6. The number of carbonyl (C=O) groups is 3. The molecule has 1 aromatic rings. The Morgan fingerprint density at radius 2 is 1.68 bits per heavy atom. The second kappa shape index (κ2) is 12.6. The van der Waals surface area contributed by atoms with Crippen LogP contribution in [0.2, 0.25) is 0 Å². The van der Waals surface area contributed by atoms with Gasteiger partial charge in [0.1, 0.15) is 23.4 Å². The molecular weight excluding hydrogens is 438 g/mol. The third-order valence-electron chi connectivity index (χ3n) is 4.75. The number of nitrogens with zero attached hydrogens (tertiary/aromatic N) is 1. The summed E-state index contributed by atoms with van der Waals surface area (Å²) in [6.45, 7) is 12.0. The first-order valence-corrected chi connectivity index (χ1v) is 11.7. The average molecular weight is 480 g/mol. The van der Waals surface area contributed by atoms with Crippen LogP contribution in [0.4, 0.5) is 4.79 Å². The van der Waals surface area contributed by atoms with Crippen LogP contribution in [-0.2, 0) is 14.3 Å². The lowest BCUT2D eigenvalue weighted by Gasteiger charge is -2.36. The molecule has 4 N–H and O–H groups in total. The van der Waals surface area contributed by atoms with Crippen LogP contribution in [0.1, 0.15) is 79.3 Å². The molecule has 0 aliphatic heterocycles. The minimum atomic E-state index is -1.33. The predicted octanol–water partition coefficient (Wildman–Crippen LogP) is 3.25. The van der Waals surface area contributed by atoms with E-state index in [2.05, 4.69) is 10.6 Å². The van der Waals surface area contributed by atoms with E-state index in [1.807, 2.05) is 27.7 Å². The fourth-order valence-electron chi connectivity index (χ4n) is 3.34. The summed E-state index contributed by atoms with van der Waals surface area (Å²) in [4.78, 5) is 40.6. The summed E-state index contributed by atoms with van der Waals surface area (Å²) in [6, 6.07) is 3.83. The number of phenols is 1. The standard InChI is InChI=1S/C25H41N3O6/c1-8-9-12-15-28(22(32)18(16-29)26-23(33)34-25(5,6)7)20(21(31)27-24(2,3)4)17-13-10-11-14-19(17)30/h10-11,13-14,18,20,29-30H,8-9,12,15-16H2,1-7H3,(H,26,33)(H,27,31). The number of aliphatic hydroxyl groups is 1. The van der Waals surface area contributed by atoms with Gasteiger partial charge in [0.15, 0.2) is 0 Å². The van der Waals surface area contributed by atoms with E-state index in [1.165, 1.54) is 11.0 Å². The molecule has 192 valence electrons. The van der Waals surface area contributed by atoms with Crippen molar-refractivity contribution in [1.82, 2.24) is 15.5 Å². The molecule has 2 atom stereocenters. The highest BCUT2D eigenvalue weighted by atomic mass is 16.6. The van der Waals surface area contributed by atoms with Gasteiger partial charge < -0.3 is 30.5 Å². The highest BCUT2D eigenvalue weighted by molar-refractivity contribution is 5.92. The van der Waals surface area contributed by atoms with Gasteiger partial charge in [0.05, 0.1) is 6.61 Å². The van der Waals surface area contributed by atoms with Crippen LogP contribution in [0.5, 0.6) is 5.75 Å². The van der Waals surface area contributed by atoms with E-state index >= 15 is 0 Å². The van der Waals surface area contributed by atoms with Crippen molar-refractivity contribution < 1.29 is 29.3 Å². The highest BCUT2D eigenvalue weighted by Gasteiger charge is 2.38. The monoisotopic (exact) mass is 479 g/mol. The average Bonchev–Trinajstić information content (AvgIpc) is 2.69. The van der Waals surface area contributed by atoms with Crippen molar-refractivity contribution >= 4 is 17.9 Å². The fraction of sp³-hybridized carbons (Fsp3) is 0.640. The zero-order valence-electron chi connectivity index (χ0n) is 21.5. The lowest BCUT2D eigenvalue weighted by atomic mass is 9.99. The third kappa shape index (κ3) is 9.59. The molecule has 9 heteroatoms. The predicted molar refractivity (Wildman–Crippen MR) is 130 cm³/mol. The minimum absolute atomic E-state index is 0.134. The van der Waals surface area contributed by atoms with Gasteiger partial charge in [0.25, 0.3) is 0 Å². The number of ether oxygens (including phenoxy) is 1. The summed E-state index contributed by atoms with van der Waals surface area (Å²) in [5.41, 5.74) is -1.13. The number of aromatic hydroxyl groups is 1. The summed E-state index contributed by atoms with van der Waals surface area (Å²) < 4.78 is 5.22. The summed E-state index contributed by atoms with van der Waals surface area (Å²) in [5.74, 6) is -1.26. The molecule has 34 heavy (non-hydrogen) atoms. The van der Waals surface area contributed by atoms with Gasteiger partial charge in [-0.05, 0) is 54.0 Å². The highest BCUT2D eigenvalue weighted by Crippen LogP contribution is 2.30. The van der Waals surface area contributed by atoms with Crippen LogP contribution in [0.15, 0.2) is 24.3 Å². The number of hydrogen-bond donors (Lipinski definition) is 4. The Bertz CT molecular complexity index is 829.